The molecule has 4 rings (SSSR count). The molecule has 1 aliphatic heterocycles. The normalized spacial score (nSPS) is 15.8. The van der Waals surface area contributed by atoms with Crippen LogP contribution in [0.15, 0.2) is 71.9 Å². The van der Waals surface area contributed by atoms with E-state index in [-0.39, 0.29) is 23.4 Å². The number of fused-ring (bicyclic) bond motifs is 1. The first-order valence-electron chi connectivity index (χ1n) is 11.4. The molecule has 36 heavy (non-hydrogen) atoms. The van der Waals surface area contributed by atoms with Crippen LogP contribution in [0.2, 0.25) is 0 Å². The van der Waals surface area contributed by atoms with Gasteiger partial charge >= 0.3 is 0 Å². The van der Waals surface area contributed by atoms with Crippen molar-refractivity contribution < 1.29 is 22.4 Å². The van der Waals surface area contributed by atoms with E-state index in [4.69, 9.17) is 0 Å². The van der Waals surface area contributed by atoms with Crippen LogP contribution in [0.1, 0.15) is 42.3 Å². The van der Waals surface area contributed by atoms with Gasteiger partial charge in [0, 0.05) is 42.1 Å². The highest BCUT2D eigenvalue weighted by Crippen LogP contribution is 2.26. The Kier molecular flexibility index (Phi) is 6.92. The standard InChI is InChI=1S/C26H27FN4O4S/c1-26(2,3)30-36(34,35)22-10-8-21(9-11-22)29-24(32)23-14-19-15-28-13-12-18(19)16-31(23)25(33)17-4-6-20(27)7-5-17/h4-13,15,23,30H,14,16H2,1-3H3,(H,29,32). The van der Waals surface area contributed by atoms with E-state index in [0.717, 1.165) is 11.1 Å². The lowest BCUT2D eigenvalue weighted by molar-refractivity contribution is -0.121. The molecular weight excluding hydrogens is 483 g/mol. The minimum absolute atomic E-state index is 0.0706. The number of carbonyl (C=O) groups is 2. The summed E-state index contributed by atoms with van der Waals surface area (Å²) in [6, 6.07) is 12.0. The van der Waals surface area contributed by atoms with E-state index in [2.05, 4.69) is 15.0 Å². The Bertz CT molecular complexity index is 1380. The highest BCUT2D eigenvalue weighted by molar-refractivity contribution is 7.89. The molecule has 0 spiro atoms. The van der Waals surface area contributed by atoms with Gasteiger partial charge in [0.2, 0.25) is 15.9 Å². The quantitative estimate of drug-likeness (QED) is 0.546. The summed E-state index contributed by atoms with van der Waals surface area (Å²) in [6.07, 6.45) is 3.56. The molecule has 3 aromatic rings. The second-order valence-corrected chi connectivity index (χ2v) is 11.4. The minimum atomic E-state index is -3.72. The maximum absolute atomic E-state index is 13.4. The number of anilines is 1. The van der Waals surface area contributed by atoms with Crippen LogP contribution < -0.4 is 10.0 Å². The van der Waals surface area contributed by atoms with Gasteiger partial charge in [-0.05, 0) is 86.5 Å². The first kappa shape index (κ1) is 25.5. The van der Waals surface area contributed by atoms with E-state index in [1.54, 1.807) is 39.2 Å². The minimum Gasteiger partial charge on any atom is -0.324 e. The van der Waals surface area contributed by atoms with Crippen LogP contribution >= 0.6 is 0 Å². The van der Waals surface area contributed by atoms with E-state index in [1.807, 2.05) is 0 Å². The third kappa shape index (κ3) is 5.77. The SMILES string of the molecule is CC(C)(C)NS(=O)(=O)c1ccc(NC(=O)C2Cc3cnccc3CN2C(=O)c2ccc(F)cc2)cc1. The predicted molar refractivity (Wildman–Crippen MR) is 133 cm³/mol. The molecular formula is C26H27FN4O4S. The summed E-state index contributed by atoms with van der Waals surface area (Å²) < 4.78 is 41.1. The van der Waals surface area contributed by atoms with Gasteiger partial charge in [0.25, 0.3) is 5.91 Å². The number of amides is 2. The lowest BCUT2D eigenvalue weighted by Crippen LogP contribution is -2.50. The lowest BCUT2D eigenvalue weighted by atomic mass is 9.94. The fourth-order valence-corrected chi connectivity index (χ4v) is 5.44. The number of benzene rings is 2. The highest BCUT2D eigenvalue weighted by atomic mass is 32.2. The molecule has 1 aliphatic rings. The van der Waals surface area contributed by atoms with Crippen LogP contribution in [0.25, 0.3) is 0 Å². The number of pyridine rings is 1. The van der Waals surface area contributed by atoms with Crippen LogP contribution in [0.4, 0.5) is 10.1 Å². The monoisotopic (exact) mass is 510 g/mol. The molecule has 188 valence electrons. The summed E-state index contributed by atoms with van der Waals surface area (Å²) in [5.74, 6) is -1.28. The Labute approximate surface area is 209 Å². The van der Waals surface area contributed by atoms with Gasteiger partial charge in [-0.2, -0.15) is 0 Å². The van der Waals surface area contributed by atoms with Crippen molar-refractivity contribution >= 4 is 27.5 Å². The van der Waals surface area contributed by atoms with Gasteiger partial charge in [-0.1, -0.05) is 0 Å². The molecule has 0 saturated carbocycles. The predicted octanol–water partition coefficient (Wildman–Crippen LogP) is 3.50. The molecule has 0 radical (unpaired) electrons. The Morgan fingerprint density at radius 2 is 1.67 bits per heavy atom. The van der Waals surface area contributed by atoms with Gasteiger partial charge in [0.1, 0.15) is 11.9 Å². The van der Waals surface area contributed by atoms with E-state index < -0.39 is 39.2 Å². The lowest BCUT2D eigenvalue weighted by Gasteiger charge is -2.36. The Morgan fingerprint density at radius 1 is 1.00 bits per heavy atom. The molecule has 0 aliphatic carbocycles. The average Bonchev–Trinajstić information content (AvgIpc) is 2.82. The van der Waals surface area contributed by atoms with Crippen LogP contribution in [-0.2, 0) is 27.8 Å². The number of rotatable bonds is 5. The van der Waals surface area contributed by atoms with Gasteiger partial charge in [-0.15, -0.1) is 0 Å². The number of aromatic nitrogens is 1. The Morgan fingerprint density at radius 3 is 2.31 bits per heavy atom. The highest BCUT2D eigenvalue weighted by Gasteiger charge is 2.35. The molecule has 2 heterocycles. The smallest absolute Gasteiger partial charge is 0.254 e. The van der Waals surface area contributed by atoms with Crippen molar-refractivity contribution in [1.82, 2.24) is 14.6 Å². The Balaban J connectivity index is 1.57. The first-order valence-corrected chi connectivity index (χ1v) is 12.8. The second kappa shape index (κ2) is 9.79. The third-order valence-corrected chi connectivity index (χ3v) is 7.44. The number of halogens is 1. The third-order valence-electron chi connectivity index (χ3n) is 5.66. The average molecular weight is 511 g/mol. The number of sulfonamides is 1. The topological polar surface area (TPSA) is 108 Å². The number of hydrogen-bond acceptors (Lipinski definition) is 5. The summed E-state index contributed by atoms with van der Waals surface area (Å²) >= 11 is 0. The summed E-state index contributed by atoms with van der Waals surface area (Å²) in [6.45, 7) is 5.43. The van der Waals surface area contributed by atoms with E-state index >= 15 is 0 Å². The van der Waals surface area contributed by atoms with E-state index in [0.29, 0.717) is 5.69 Å². The van der Waals surface area contributed by atoms with Gasteiger partial charge < -0.3 is 10.2 Å². The summed E-state index contributed by atoms with van der Waals surface area (Å²) in [7, 11) is -3.72. The van der Waals surface area contributed by atoms with Crippen LogP contribution in [0.5, 0.6) is 0 Å². The molecule has 10 heteroatoms. The van der Waals surface area contributed by atoms with Crippen molar-refractivity contribution in [1.29, 1.82) is 0 Å². The molecule has 2 amide bonds. The fourth-order valence-electron chi connectivity index (χ4n) is 4.02. The Hall–Kier alpha value is -3.63. The van der Waals surface area contributed by atoms with Gasteiger partial charge in [0.15, 0.2) is 0 Å². The molecule has 2 aromatic carbocycles. The molecule has 0 fully saturated rings. The summed E-state index contributed by atoms with van der Waals surface area (Å²) in [5.41, 5.74) is 1.76. The van der Waals surface area contributed by atoms with Gasteiger partial charge in [-0.25, -0.2) is 17.5 Å². The number of carbonyl (C=O) groups excluding carboxylic acids is 2. The molecule has 1 atom stereocenters. The van der Waals surface area contributed by atoms with Crippen molar-refractivity contribution in [3.8, 4) is 0 Å². The van der Waals surface area contributed by atoms with Crippen molar-refractivity contribution in [2.75, 3.05) is 5.32 Å². The van der Waals surface area contributed by atoms with Crippen molar-refractivity contribution in [2.45, 2.75) is 50.2 Å². The van der Waals surface area contributed by atoms with Crippen molar-refractivity contribution in [3.05, 3.63) is 89.5 Å². The van der Waals surface area contributed by atoms with Crippen LogP contribution in [-0.4, -0.2) is 41.7 Å². The zero-order valence-corrected chi connectivity index (χ0v) is 21.0. The second-order valence-electron chi connectivity index (χ2n) is 9.67. The van der Waals surface area contributed by atoms with Crippen molar-refractivity contribution in [2.24, 2.45) is 0 Å². The molecule has 8 nitrogen and oxygen atoms in total. The first-order chi connectivity index (χ1) is 16.9. The molecule has 0 bridgehead atoms. The van der Waals surface area contributed by atoms with Gasteiger partial charge in [-0.3, -0.25) is 14.6 Å². The zero-order chi connectivity index (χ0) is 26.1. The maximum atomic E-state index is 13.4. The summed E-state index contributed by atoms with van der Waals surface area (Å²) in [5, 5.41) is 2.79. The molecule has 0 saturated heterocycles. The summed E-state index contributed by atoms with van der Waals surface area (Å²) in [4.78, 5) is 32.3. The van der Waals surface area contributed by atoms with E-state index in [9.17, 15) is 22.4 Å². The molecule has 2 N–H and O–H groups in total. The van der Waals surface area contributed by atoms with Crippen molar-refractivity contribution in [3.63, 3.8) is 0 Å². The largest absolute Gasteiger partial charge is 0.324 e. The number of nitrogens with zero attached hydrogens (tertiary/aromatic N) is 2. The number of hydrogen-bond donors (Lipinski definition) is 2. The fraction of sp³-hybridized carbons (Fsp3) is 0.269. The van der Waals surface area contributed by atoms with Crippen LogP contribution in [0, 0.1) is 5.82 Å². The number of nitrogens with one attached hydrogen (secondary N) is 2. The van der Waals surface area contributed by atoms with E-state index in [1.165, 1.54) is 53.4 Å². The maximum Gasteiger partial charge on any atom is 0.254 e. The molecule has 1 aromatic heterocycles. The van der Waals surface area contributed by atoms with Gasteiger partial charge in [0.05, 0.1) is 4.90 Å². The van der Waals surface area contributed by atoms with Crippen LogP contribution in [0.3, 0.4) is 0 Å². The zero-order valence-electron chi connectivity index (χ0n) is 20.2. The molecule has 1 unspecified atom stereocenters.